The number of nitrogens with one attached hydrogen (secondary N) is 2. The highest BCUT2D eigenvalue weighted by Gasteiger charge is 2.48. The summed E-state index contributed by atoms with van der Waals surface area (Å²) in [6.45, 7) is 0.722. The van der Waals surface area contributed by atoms with Gasteiger partial charge in [0.05, 0.1) is 28.9 Å². The lowest BCUT2D eigenvalue weighted by Crippen LogP contribution is -2.43. The number of amides is 2. The number of hydrogen-bond donors (Lipinski definition) is 2. The van der Waals surface area contributed by atoms with Gasteiger partial charge in [0.25, 0.3) is 0 Å². The Morgan fingerprint density at radius 3 is 3.22 bits per heavy atom. The summed E-state index contributed by atoms with van der Waals surface area (Å²) in [5.41, 5.74) is 2.18. The van der Waals surface area contributed by atoms with Crippen molar-refractivity contribution in [1.29, 1.82) is 0 Å². The van der Waals surface area contributed by atoms with E-state index in [1.54, 1.807) is 11.3 Å². The molecule has 7 heteroatoms. The minimum atomic E-state index is -0.0214. The first kappa shape index (κ1) is 13.6. The Balaban J connectivity index is 1.57. The SMILES string of the molecule is CN[C@@H]1CC[C@@H]2[C@H]1NC(=O)N2c1nc2c3c(ccc2s1)OCC3. The molecule has 0 bridgehead atoms. The Labute approximate surface area is 137 Å². The van der Waals surface area contributed by atoms with Crippen molar-refractivity contribution in [2.24, 2.45) is 0 Å². The zero-order chi connectivity index (χ0) is 15.6. The normalized spacial score (nSPS) is 28.8. The van der Waals surface area contributed by atoms with E-state index in [0.717, 1.165) is 47.0 Å². The van der Waals surface area contributed by atoms with Gasteiger partial charge in [0, 0.05) is 18.0 Å². The third-order valence-electron chi connectivity index (χ3n) is 5.26. The molecule has 3 atom stereocenters. The Morgan fingerprint density at radius 1 is 1.43 bits per heavy atom. The van der Waals surface area contributed by atoms with Crippen molar-refractivity contribution < 1.29 is 9.53 Å². The fourth-order valence-electron chi connectivity index (χ4n) is 4.14. The van der Waals surface area contributed by atoms with E-state index < -0.39 is 0 Å². The lowest BCUT2D eigenvalue weighted by atomic mass is 10.1. The lowest BCUT2D eigenvalue weighted by molar-refractivity contribution is 0.249. The molecule has 1 saturated heterocycles. The highest BCUT2D eigenvalue weighted by Crippen LogP contribution is 2.40. The van der Waals surface area contributed by atoms with Crippen molar-refractivity contribution in [3.8, 4) is 5.75 Å². The van der Waals surface area contributed by atoms with Gasteiger partial charge in [0.2, 0.25) is 0 Å². The molecule has 23 heavy (non-hydrogen) atoms. The van der Waals surface area contributed by atoms with Crippen LogP contribution in [0.5, 0.6) is 5.75 Å². The molecule has 120 valence electrons. The number of aromatic nitrogens is 1. The molecule has 2 fully saturated rings. The molecule has 3 aliphatic rings. The summed E-state index contributed by atoms with van der Waals surface area (Å²) >= 11 is 1.60. The van der Waals surface area contributed by atoms with Gasteiger partial charge in [0.15, 0.2) is 5.13 Å². The lowest BCUT2D eigenvalue weighted by Gasteiger charge is -2.19. The van der Waals surface area contributed by atoms with Crippen LogP contribution in [0.1, 0.15) is 18.4 Å². The van der Waals surface area contributed by atoms with E-state index in [1.807, 2.05) is 18.0 Å². The molecule has 0 unspecified atom stereocenters. The van der Waals surface area contributed by atoms with Gasteiger partial charge >= 0.3 is 6.03 Å². The predicted octanol–water partition coefficient (Wildman–Crippen LogP) is 1.88. The Morgan fingerprint density at radius 2 is 2.35 bits per heavy atom. The topological polar surface area (TPSA) is 66.5 Å². The Hall–Kier alpha value is -1.86. The number of rotatable bonds is 2. The number of fused-ring (bicyclic) bond motifs is 4. The van der Waals surface area contributed by atoms with E-state index in [2.05, 4.69) is 16.7 Å². The third kappa shape index (κ3) is 1.83. The molecule has 5 rings (SSSR count). The van der Waals surface area contributed by atoms with Crippen molar-refractivity contribution in [2.45, 2.75) is 37.4 Å². The van der Waals surface area contributed by atoms with Crippen molar-refractivity contribution in [3.63, 3.8) is 0 Å². The standard InChI is InChI=1S/C16H18N4O2S/c1-17-9-2-3-10-14(9)18-15(21)20(10)16-19-13-8-6-7-22-11(8)4-5-12(13)23-16/h4-5,9-10,14,17H,2-3,6-7H2,1H3,(H,18,21)/t9-,10-,14+/m1/s1. The van der Waals surface area contributed by atoms with Gasteiger partial charge in [-0.3, -0.25) is 4.90 Å². The number of hydrogen-bond acceptors (Lipinski definition) is 5. The molecule has 3 heterocycles. The first-order chi connectivity index (χ1) is 11.3. The number of likely N-dealkylation sites (N-methyl/N-ethyl adjacent to an activating group) is 1. The van der Waals surface area contributed by atoms with Crippen LogP contribution in [0.4, 0.5) is 9.93 Å². The summed E-state index contributed by atoms with van der Waals surface area (Å²) in [6, 6.07) is 4.77. The van der Waals surface area contributed by atoms with Crippen molar-refractivity contribution in [2.75, 3.05) is 18.6 Å². The molecule has 2 amide bonds. The van der Waals surface area contributed by atoms with Crippen LogP contribution in [-0.2, 0) is 6.42 Å². The average Bonchev–Trinajstić information content (AvgIpc) is 3.27. The number of urea groups is 1. The number of thiazole rings is 1. The van der Waals surface area contributed by atoms with Crippen molar-refractivity contribution in [3.05, 3.63) is 17.7 Å². The van der Waals surface area contributed by atoms with Gasteiger partial charge in [-0.15, -0.1) is 0 Å². The first-order valence-electron chi connectivity index (χ1n) is 8.08. The van der Waals surface area contributed by atoms with Crippen LogP contribution < -0.4 is 20.3 Å². The van der Waals surface area contributed by atoms with Gasteiger partial charge in [0.1, 0.15) is 5.75 Å². The van der Waals surface area contributed by atoms with Crippen molar-refractivity contribution >= 4 is 32.7 Å². The summed E-state index contributed by atoms with van der Waals surface area (Å²) in [4.78, 5) is 19.2. The molecule has 2 aromatic rings. The third-order valence-corrected chi connectivity index (χ3v) is 6.28. The van der Waals surface area contributed by atoms with Crippen LogP contribution in [0.15, 0.2) is 12.1 Å². The van der Waals surface area contributed by atoms with E-state index in [0.29, 0.717) is 6.04 Å². The van der Waals surface area contributed by atoms with E-state index in [4.69, 9.17) is 9.72 Å². The summed E-state index contributed by atoms with van der Waals surface area (Å²) in [6.07, 6.45) is 2.98. The van der Waals surface area contributed by atoms with Gasteiger partial charge < -0.3 is 15.4 Å². The molecule has 0 spiro atoms. The van der Waals surface area contributed by atoms with E-state index in [9.17, 15) is 4.79 Å². The average molecular weight is 330 g/mol. The van der Waals surface area contributed by atoms with Crippen LogP contribution in [0.25, 0.3) is 10.2 Å². The van der Waals surface area contributed by atoms with E-state index in [-0.39, 0.29) is 18.1 Å². The molecule has 1 aromatic carbocycles. The maximum Gasteiger partial charge on any atom is 0.324 e. The number of benzene rings is 1. The molecular formula is C16H18N4O2S. The summed E-state index contributed by atoms with van der Waals surface area (Å²) < 4.78 is 6.75. The Bertz CT molecular complexity index is 805. The van der Waals surface area contributed by atoms with Gasteiger partial charge in [-0.25, -0.2) is 9.78 Å². The molecule has 1 aromatic heterocycles. The maximum absolute atomic E-state index is 12.5. The quantitative estimate of drug-likeness (QED) is 0.882. The predicted molar refractivity (Wildman–Crippen MR) is 89.5 cm³/mol. The highest BCUT2D eigenvalue weighted by molar-refractivity contribution is 7.22. The second kappa shape index (κ2) is 4.82. The summed E-state index contributed by atoms with van der Waals surface area (Å²) in [5, 5.41) is 7.25. The van der Waals surface area contributed by atoms with E-state index >= 15 is 0 Å². The fraction of sp³-hybridized carbons (Fsp3) is 0.500. The zero-order valence-corrected chi connectivity index (χ0v) is 13.7. The highest BCUT2D eigenvalue weighted by atomic mass is 32.1. The second-order valence-electron chi connectivity index (χ2n) is 6.37. The minimum Gasteiger partial charge on any atom is -0.493 e. The van der Waals surface area contributed by atoms with Crippen LogP contribution in [-0.4, -0.2) is 42.8 Å². The molecule has 0 radical (unpaired) electrons. The molecule has 1 aliphatic carbocycles. The van der Waals surface area contributed by atoms with Crippen molar-refractivity contribution in [1.82, 2.24) is 15.6 Å². The van der Waals surface area contributed by atoms with Gasteiger partial charge in [-0.05, 0) is 32.0 Å². The smallest absolute Gasteiger partial charge is 0.324 e. The number of anilines is 1. The monoisotopic (exact) mass is 330 g/mol. The minimum absolute atomic E-state index is 0.0214. The second-order valence-corrected chi connectivity index (χ2v) is 7.38. The molecule has 2 aliphatic heterocycles. The molecule has 1 saturated carbocycles. The van der Waals surface area contributed by atoms with Crippen LogP contribution in [0.2, 0.25) is 0 Å². The van der Waals surface area contributed by atoms with Gasteiger partial charge in [-0.1, -0.05) is 11.3 Å². The number of carbonyl (C=O) groups is 1. The number of carbonyl (C=O) groups excluding carboxylic acids is 1. The van der Waals surface area contributed by atoms with Crippen LogP contribution >= 0.6 is 11.3 Å². The largest absolute Gasteiger partial charge is 0.493 e. The first-order valence-corrected chi connectivity index (χ1v) is 8.90. The van der Waals surface area contributed by atoms with Gasteiger partial charge in [-0.2, -0.15) is 0 Å². The number of ether oxygens (including phenoxy) is 1. The zero-order valence-electron chi connectivity index (χ0n) is 12.8. The fourth-order valence-corrected chi connectivity index (χ4v) is 5.19. The number of nitrogens with zero attached hydrogens (tertiary/aromatic N) is 2. The van der Waals surface area contributed by atoms with Crippen LogP contribution in [0.3, 0.4) is 0 Å². The van der Waals surface area contributed by atoms with Crippen LogP contribution in [0, 0.1) is 0 Å². The molecular weight excluding hydrogens is 312 g/mol. The molecule has 6 nitrogen and oxygen atoms in total. The van der Waals surface area contributed by atoms with E-state index in [1.165, 1.54) is 5.56 Å². The Kier molecular flexibility index (Phi) is 2.84. The maximum atomic E-state index is 12.5. The molecule has 2 N–H and O–H groups in total. The summed E-state index contributed by atoms with van der Waals surface area (Å²) in [7, 11) is 1.96. The summed E-state index contributed by atoms with van der Waals surface area (Å²) in [5.74, 6) is 0.939.